The molecular formula is C15H30N2O. The molecule has 0 aromatic heterocycles. The first kappa shape index (κ1) is 15.5. The fourth-order valence-corrected chi connectivity index (χ4v) is 2.82. The minimum absolute atomic E-state index is 0.0443. The molecule has 1 atom stereocenters. The van der Waals surface area contributed by atoms with E-state index in [1.165, 1.54) is 0 Å². The van der Waals surface area contributed by atoms with Gasteiger partial charge in [-0.05, 0) is 30.6 Å². The predicted octanol–water partition coefficient (Wildman–Crippen LogP) is 2.79. The zero-order valence-corrected chi connectivity index (χ0v) is 12.5. The normalized spacial score (nSPS) is 19.9. The van der Waals surface area contributed by atoms with E-state index in [0.717, 1.165) is 44.7 Å². The van der Waals surface area contributed by atoms with Gasteiger partial charge in [-0.15, -0.1) is 0 Å². The second-order valence-electron chi connectivity index (χ2n) is 6.77. The number of hydrogen-bond donors (Lipinski definition) is 1. The molecule has 0 aromatic carbocycles. The smallest absolute Gasteiger partial charge is 0.224 e. The van der Waals surface area contributed by atoms with Gasteiger partial charge in [0.15, 0.2) is 0 Å². The molecule has 1 fully saturated rings. The van der Waals surface area contributed by atoms with Gasteiger partial charge in [-0.2, -0.15) is 0 Å². The lowest BCUT2D eigenvalue weighted by Gasteiger charge is -2.39. The molecule has 0 saturated carbocycles. The van der Waals surface area contributed by atoms with E-state index < -0.39 is 0 Å². The van der Waals surface area contributed by atoms with Gasteiger partial charge in [0.2, 0.25) is 5.91 Å². The quantitative estimate of drug-likeness (QED) is 0.838. The lowest BCUT2D eigenvalue weighted by Crippen LogP contribution is -2.43. The van der Waals surface area contributed by atoms with Crippen molar-refractivity contribution in [1.82, 2.24) is 4.90 Å². The molecule has 3 heteroatoms. The number of rotatable bonds is 4. The van der Waals surface area contributed by atoms with Gasteiger partial charge in [0.1, 0.15) is 0 Å². The van der Waals surface area contributed by atoms with Crippen LogP contribution < -0.4 is 5.73 Å². The van der Waals surface area contributed by atoms with Crippen LogP contribution in [0.25, 0.3) is 0 Å². The molecule has 2 N–H and O–H groups in total. The number of carbonyl (C=O) groups is 1. The molecule has 1 rings (SSSR count). The van der Waals surface area contributed by atoms with Gasteiger partial charge in [-0.25, -0.2) is 0 Å². The largest absolute Gasteiger partial charge is 0.343 e. The Balaban J connectivity index is 2.36. The predicted molar refractivity (Wildman–Crippen MR) is 76.3 cm³/mol. The van der Waals surface area contributed by atoms with Crippen LogP contribution in [0.1, 0.15) is 59.8 Å². The zero-order chi connectivity index (χ0) is 13.8. The Bertz CT molecular complexity index is 262. The van der Waals surface area contributed by atoms with Crippen LogP contribution in [-0.4, -0.2) is 29.9 Å². The fourth-order valence-electron chi connectivity index (χ4n) is 2.82. The van der Waals surface area contributed by atoms with Gasteiger partial charge < -0.3 is 10.6 Å². The Kier molecular flexibility index (Phi) is 5.64. The van der Waals surface area contributed by atoms with Crippen LogP contribution in [0.5, 0.6) is 0 Å². The maximum atomic E-state index is 12.1. The highest BCUT2D eigenvalue weighted by molar-refractivity contribution is 5.76. The fraction of sp³-hybridized carbons (Fsp3) is 0.933. The number of piperidine rings is 1. The second kappa shape index (κ2) is 6.55. The molecule has 18 heavy (non-hydrogen) atoms. The molecule has 0 radical (unpaired) electrons. The number of likely N-dealkylation sites (tertiary alicyclic amines) is 1. The summed E-state index contributed by atoms with van der Waals surface area (Å²) >= 11 is 0. The topological polar surface area (TPSA) is 46.3 Å². The highest BCUT2D eigenvalue weighted by Crippen LogP contribution is 2.34. The average molecular weight is 254 g/mol. The van der Waals surface area contributed by atoms with Crippen molar-refractivity contribution < 1.29 is 4.79 Å². The highest BCUT2D eigenvalue weighted by atomic mass is 16.2. The van der Waals surface area contributed by atoms with Gasteiger partial charge in [-0.3, -0.25) is 4.79 Å². The van der Waals surface area contributed by atoms with E-state index in [4.69, 9.17) is 5.73 Å². The summed E-state index contributed by atoms with van der Waals surface area (Å²) in [7, 11) is 0. The third-order valence-corrected chi connectivity index (χ3v) is 4.17. The molecule has 1 heterocycles. The molecule has 0 aromatic rings. The maximum absolute atomic E-state index is 12.1. The Labute approximate surface area is 112 Å². The van der Waals surface area contributed by atoms with Crippen molar-refractivity contribution in [3.63, 3.8) is 0 Å². The summed E-state index contributed by atoms with van der Waals surface area (Å²) < 4.78 is 0. The minimum Gasteiger partial charge on any atom is -0.343 e. The van der Waals surface area contributed by atoms with Crippen LogP contribution in [0.15, 0.2) is 0 Å². The lowest BCUT2D eigenvalue weighted by molar-refractivity contribution is -0.133. The first-order valence-electron chi connectivity index (χ1n) is 7.38. The van der Waals surface area contributed by atoms with Crippen molar-refractivity contribution in [2.75, 3.05) is 13.1 Å². The van der Waals surface area contributed by atoms with Gasteiger partial charge >= 0.3 is 0 Å². The SMILES string of the molecule is CCCC(N)CC(=O)N1CCC(C(C)(C)C)CC1. The van der Waals surface area contributed by atoms with E-state index in [9.17, 15) is 4.79 Å². The summed E-state index contributed by atoms with van der Waals surface area (Å²) in [6.07, 6.45) is 4.80. The number of nitrogens with two attached hydrogens (primary N) is 1. The molecule has 1 aliphatic heterocycles. The summed E-state index contributed by atoms with van der Waals surface area (Å²) in [5.74, 6) is 0.995. The van der Waals surface area contributed by atoms with Crippen molar-refractivity contribution >= 4 is 5.91 Å². The van der Waals surface area contributed by atoms with Gasteiger partial charge in [0, 0.05) is 25.6 Å². The summed E-state index contributed by atoms with van der Waals surface area (Å²) in [6, 6.07) is 0.0443. The molecule has 0 bridgehead atoms. The van der Waals surface area contributed by atoms with E-state index >= 15 is 0 Å². The lowest BCUT2D eigenvalue weighted by atomic mass is 9.75. The second-order valence-corrected chi connectivity index (χ2v) is 6.77. The zero-order valence-electron chi connectivity index (χ0n) is 12.5. The van der Waals surface area contributed by atoms with Crippen LogP contribution in [-0.2, 0) is 4.79 Å². The maximum Gasteiger partial charge on any atom is 0.224 e. The Hall–Kier alpha value is -0.570. The molecule has 3 nitrogen and oxygen atoms in total. The molecule has 0 spiro atoms. The third-order valence-electron chi connectivity index (χ3n) is 4.17. The van der Waals surface area contributed by atoms with Crippen LogP contribution >= 0.6 is 0 Å². The average Bonchev–Trinajstić information content (AvgIpc) is 2.28. The Morgan fingerprint density at radius 3 is 2.33 bits per heavy atom. The first-order chi connectivity index (χ1) is 8.34. The van der Waals surface area contributed by atoms with Gasteiger partial charge in [0.05, 0.1) is 0 Å². The number of hydrogen-bond acceptors (Lipinski definition) is 2. The van der Waals surface area contributed by atoms with Crippen LogP contribution in [0.3, 0.4) is 0 Å². The monoisotopic (exact) mass is 254 g/mol. The molecule has 0 aliphatic carbocycles. The van der Waals surface area contributed by atoms with Crippen molar-refractivity contribution in [3.05, 3.63) is 0 Å². The van der Waals surface area contributed by atoms with E-state index in [1.54, 1.807) is 0 Å². The summed E-state index contributed by atoms with van der Waals surface area (Å²) in [5, 5.41) is 0. The van der Waals surface area contributed by atoms with E-state index in [0.29, 0.717) is 11.8 Å². The van der Waals surface area contributed by atoms with Crippen LogP contribution in [0.4, 0.5) is 0 Å². The Morgan fingerprint density at radius 1 is 1.33 bits per heavy atom. The molecule has 1 aliphatic rings. The summed E-state index contributed by atoms with van der Waals surface area (Å²) in [4.78, 5) is 14.1. The van der Waals surface area contributed by atoms with Crippen molar-refractivity contribution in [3.8, 4) is 0 Å². The highest BCUT2D eigenvalue weighted by Gasteiger charge is 2.30. The summed E-state index contributed by atoms with van der Waals surface area (Å²) in [5.41, 5.74) is 6.31. The molecule has 106 valence electrons. The number of nitrogens with zero attached hydrogens (tertiary/aromatic N) is 1. The van der Waals surface area contributed by atoms with E-state index in [-0.39, 0.29) is 11.9 Å². The van der Waals surface area contributed by atoms with Crippen LogP contribution in [0, 0.1) is 11.3 Å². The molecule has 1 unspecified atom stereocenters. The minimum atomic E-state index is 0.0443. The van der Waals surface area contributed by atoms with Crippen molar-refractivity contribution in [2.24, 2.45) is 17.1 Å². The molecule has 1 amide bonds. The third kappa shape index (κ3) is 4.60. The first-order valence-corrected chi connectivity index (χ1v) is 7.38. The van der Waals surface area contributed by atoms with E-state index in [1.807, 2.05) is 4.90 Å². The van der Waals surface area contributed by atoms with Crippen molar-refractivity contribution in [1.29, 1.82) is 0 Å². The molecular weight excluding hydrogens is 224 g/mol. The van der Waals surface area contributed by atoms with Crippen LogP contribution in [0.2, 0.25) is 0 Å². The number of amides is 1. The standard InChI is InChI=1S/C15H30N2O/c1-5-6-13(16)11-14(18)17-9-7-12(8-10-17)15(2,3)4/h12-13H,5-11,16H2,1-4H3. The number of carbonyl (C=O) groups excluding carboxylic acids is 1. The van der Waals surface area contributed by atoms with Gasteiger partial charge in [-0.1, -0.05) is 34.1 Å². The van der Waals surface area contributed by atoms with E-state index in [2.05, 4.69) is 27.7 Å². The van der Waals surface area contributed by atoms with Crippen molar-refractivity contribution in [2.45, 2.75) is 65.8 Å². The molecule has 1 saturated heterocycles. The summed E-state index contributed by atoms with van der Waals surface area (Å²) in [6.45, 7) is 10.8. The van der Waals surface area contributed by atoms with Gasteiger partial charge in [0.25, 0.3) is 0 Å². The Morgan fingerprint density at radius 2 is 1.89 bits per heavy atom.